The molecule has 0 saturated heterocycles. The van der Waals surface area contributed by atoms with E-state index < -0.39 is 0 Å². The van der Waals surface area contributed by atoms with Crippen molar-refractivity contribution >= 4 is 93.3 Å². The summed E-state index contributed by atoms with van der Waals surface area (Å²) >= 11 is 0. The molecule has 0 aliphatic rings. The molecular formula is C42H25NO2. The molecule has 0 radical (unpaired) electrons. The van der Waals surface area contributed by atoms with E-state index in [0.717, 1.165) is 60.9 Å². The van der Waals surface area contributed by atoms with Crippen molar-refractivity contribution in [1.82, 2.24) is 0 Å². The summed E-state index contributed by atoms with van der Waals surface area (Å²) in [4.78, 5) is 2.33. The van der Waals surface area contributed by atoms with Gasteiger partial charge in [0, 0.05) is 44.7 Å². The van der Waals surface area contributed by atoms with Crippen molar-refractivity contribution < 1.29 is 8.83 Å². The number of benzene rings is 8. The molecule has 8 aromatic carbocycles. The minimum Gasteiger partial charge on any atom is -0.456 e. The summed E-state index contributed by atoms with van der Waals surface area (Å²) < 4.78 is 12.6. The van der Waals surface area contributed by atoms with E-state index in [1.165, 1.54) is 32.3 Å². The van der Waals surface area contributed by atoms with Gasteiger partial charge in [0.2, 0.25) is 0 Å². The first-order chi connectivity index (χ1) is 22.3. The lowest BCUT2D eigenvalue weighted by atomic mass is 9.96. The van der Waals surface area contributed by atoms with Gasteiger partial charge in [0.05, 0.1) is 0 Å². The van der Waals surface area contributed by atoms with Gasteiger partial charge >= 0.3 is 0 Å². The third-order valence-electron chi connectivity index (χ3n) is 9.22. The minimum absolute atomic E-state index is 0.867. The predicted octanol–water partition coefficient (Wildman–Crippen LogP) is 12.4. The molecule has 2 heterocycles. The quantitative estimate of drug-likeness (QED) is 0.196. The van der Waals surface area contributed by atoms with E-state index >= 15 is 0 Å². The SMILES string of the molecule is c1ccc2c(c1)ccc1c3cc(N(c4ccc5c(c4)oc4ccccc45)c4ccc5oc6ccccc6c5c4)ccc3ccc21. The minimum atomic E-state index is 0.867. The second-order valence-corrected chi connectivity index (χ2v) is 11.7. The molecule has 0 N–H and O–H groups in total. The Hall–Kier alpha value is -6.06. The Kier molecular flexibility index (Phi) is 5.00. The smallest absolute Gasteiger partial charge is 0.137 e. The lowest BCUT2D eigenvalue weighted by Crippen LogP contribution is -2.09. The fourth-order valence-corrected chi connectivity index (χ4v) is 7.10. The van der Waals surface area contributed by atoms with Crippen LogP contribution in [0.4, 0.5) is 17.1 Å². The van der Waals surface area contributed by atoms with Crippen LogP contribution in [-0.2, 0) is 0 Å². The molecule has 0 aliphatic carbocycles. The fraction of sp³-hybridized carbons (Fsp3) is 0. The van der Waals surface area contributed by atoms with Crippen molar-refractivity contribution in [2.24, 2.45) is 0 Å². The summed E-state index contributed by atoms with van der Waals surface area (Å²) in [5.74, 6) is 0. The highest BCUT2D eigenvalue weighted by Gasteiger charge is 2.18. The van der Waals surface area contributed by atoms with Crippen LogP contribution < -0.4 is 4.90 Å². The molecule has 0 fully saturated rings. The van der Waals surface area contributed by atoms with Gasteiger partial charge in [0.25, 0.3) is 0 Å². The van der Waals surface area contributed by atoms with Gasteiger partial charge in [-0.25, -0.2) is 0 Å². The Morgan fingerprint density at radius 3 is 1.56 bits per heavy atom. The van der Waals surface area contributed by atoms with E-state index in [4.69, 9.17) is 8.83 Å². The topological polar surface area (TPSA) is 29.5 Å². The Balaban J connectivity index is 1.24. The molecule has 3 nitrogen and oxygen atoms in total. The second-order valence-electron chi connectivity index (χ2n) is 11.7. The zero-order valence-corrected chi connectivity index (χ0v) is 24.2. The molecule has 210 valence electrons. The number of hydrogen-bond donors (Lipinski definition) is 0. The highest BCUT2D eigenvalue weighted by molar-refractivity contribution is 6.18. The zero-order chi connectivity index (χ0) is 29.5. The first-order valence-corrected chi connectivity index (χ1v) is 15.3. The average molecular weight is 576 g/mol. The number of nitrogens with zero attached hydrogens (tertiary/aromatic N) is 1. The molecule has 45 heavy (non-hydrogen) atoms. The first kappa shape index (κ1) is 24.4. The number of rotatable bonds is 3. The number of furan rings is 2. The summed E-state index contributed by atoms with van der Waals surface area (Å²) in [6.07, 6.45) is 0. The maximum atomic E-state index is 6.36. The van der Waals surface area contributed by atoms with Gasteiger partial charge in [-0.1, -0.05) is 91.0 Å². The predicted molar refractivity (Wildman–Crippen MR) is 188 cm³/mol. The van der Waals surface area contributed by atoms with E-state index in [1.54, 1.807) is 0 Å². The Labute approximate surface area is 258 Å². The lowest BCUT2D eigenvalue weighted by Gasteiger charge is -2.26. The van der Waals surface area contributed by atoms with Crippen molar-refractivity contribution in [3.8, 4) is 0 Å². The summed E-state index contributed by atoms with van der Waals surface area (Å²) in [5, 5.41) is 11.9. The van der Waals surface area contributed by atoms with Crippen molar-refractivity contribution in [3.05, 3.63) is 152 Å². The standard InChI is InChI=1S/C42H25NO2/c1-2-8-31-26(7-1)14-20-33-32(31)19-15-27-13-16-28(23-37(27)33)43(29-18-22-41-38(24-29)35-10-4-6-12-40(35)44-41)30-17-21-36-34-9-3-5-11-39(34)45-42(36)25-30/h1-25H. The molecule has 0 atom stereocenters. The van der Waals surface area contributed by atoms with Crippen LogP contribution in [0, 0.1) is 0 Å². The molecule has 0 aliphatic heterocycles. The fourth-order valence-electron chi connectivity index (χ4n) is 7.10. The number of anilines is 3. The van der Waals surface area contributed by atoms with E-state index in [1.807, 2.05) is 24.3 Å². The molecule has 10 aromatic rings. The highest BCUT2D eigenvalue weighted by atomic mass is 16.3. The van der Waals surface area contributed by atoms with E-state index in [0.29, 0.717) is 0 Å². The summed E-state index contributed by atoms with van der Waals surface area (Å²) in [7, 11) is 0. The third-order valence-corrected chi connectivity index (χ3v) is 9.22. The van der Waals surface area contributed by atoms with Crippen LogP contribution in [0.1, 0.15) is 0 Å². The number of hydrogen-bond acceptors (Lipinski definition) is 3. The van der Waals surface area contributed by atoms with Crippen LogP contribution in [0.15, 0.2) is 160 Å². The molecular weight excluding hydrogens is 550 g/mol. The van der Waals surface area contributed by atoms with Crippen LogP contribution in [0.2, 0.25) is 0 Å². The average Bonchev–Trinajstić information content (AvgIpc) is 3.66. The molecule has 0 amide bonds. The van der Waals surface area contributed by atoms with Crippen molar-refractivity contribution in [3.63, 3.8) is 0 Å². The van der Waals surface area contributed by atoms with Gasteiger partial charge in [-0.2, -0.15) is 0 Å². The van der Waals surface area contributed by atoms with E-state index in [9.17, 15) is 0 Å². The Bertz CT molecular complexity index is 2780. The Morgan fingerprint density at radius 2 is 0.756 bits per heavy atom. The largest absolute Gasteiger partial charge is 0.456 e. The van der Waals surface area contributed by atoms with Crippen molar-refractivity contribution in [2.45, 2.75) is 0 Å². The molecule has 0 bridgehead atoms. The molecule has 0 unspecified atom stereocenters. The van der Waals surface area contributed by atoms with Crippen LogP contribution >= 0.6 is 0 Å². The van der Waals surface area contributed by atoms with Gasteiger partial charge in [0.15, 0.2) is 0 Å². The summed E-state index contributed by atoms with van der Waals surface area (Å²) in [6.45, 7) is 0. The van der Waals surface area contributed by atoms with Gasteiger partial charge in [-0.15, -0.1) is 0 Å². The maximum absolute atomic E-state index is 6.36. The summed E-state index contributed by atoms with van der Waals surface area (Å²) in [6, 6.07) is 53.9. The van der Waals surface area contributed by atoms with E-state index in [-0.39, 0.29) is 0 Å². The lowest BCUT2D eigenvalue weighted by molar-refractivity contribution is 0.668. The summed E-state index contributed by atoms with van der Waals surface area (Å²) in [5.41, 5.74) is 6.69. The van der Waals surface area contributed by atoms with Crippen LogP contribution in [0.5, 0.6) is 0 Å². The monoisotopic (exact) mass is 575 g/mol. The molecule has 10 rings (SSSR count). The third kappa shape index (κ3) is 3.65. The second kappa shape index (κ2) is 9.22. The van der Waals surface area contributed by atoms with Crippen LogP contribution in [0.25, 0.3) is 76.2 Å². The van der Waals surface area contributed by atoms with Gasteiger partial charge in [-0.05, 0) is 86.9 Å². The van der Waals surface area contributed by atoms with Crippen molar-refractivity contribution in [2.75, 3.05) is 4.90 Å². The normalized spacial score (nSPS) is 12.0. The highest BCUT2D eigenvalue weighted by Crippen LogP contribution is 2.42. The van der Waals surface area contributed by atoms with Crippen LogP contribution in [0.3, 0.4) is 0 Å². The van der Waals surface area contributed by atoms with Crippen molar-refractivity contribution in [1.29, 1.82) is 0 Å². The Morgan fingerprint density at radius 1 is 0.289 bits per heavy atom. The molecule has 0 spiro atoms. The zero-order valence-electron chi connectivity index (χ0n) is 24.2. The van der Waals surface area contributed by atoms with Gasteiger partial charge in [-0.3, -0.25) is 0 Å². The first-order valence-electron chi connectivity index (χ1n) is 15.3. The molecule has 3 heteroatoms. The molecule has 2 aromatic heterocycles. The van der Waals surface area contributed by atoms with Crippen LogP contribution in [-0.4, -0.2) is 0 Å². The van der Waals surface area contributed by atoms with Gasteiger partial charge < -0.3 is 13.7 Å². The number of fused-ring (bicyclic) bond motifs is 11. The van der Waals surface area contributed by atoms with E-state index in [2.05, 4.69) is 132 Å². The maximum Gasteiger partial charge on any atom is 0.137 e. The number of para-hydroxylation sites is 2. The van der Waals surface area contributed by atoms with Gasteiger partial charge in [0.1, 0.15) is 22.3 Å². The molecule has 0 saturated carbocycles.